The zero-order chi connectivity index (χ0) is 12.1. The zero-order valence-electron chi connectivity index (χ0n) is 9.85. The fourth-order valence-electron chi connectivity index (χ4n) is 1.79. The quantitative estimate of drug-likeness (QED) is 0.754. The lowest BCUT2D eigenvalue weighted by molar-refractivity contribution is -0.120. The van der Waals surface area contributed by atoms with E-state index in [1.165, 1.54) is 11.8 Å². The second-order valence-corrected chi connectivity index (χ2v) is 4.98. The average Bonchev–Trinajstić information content (AvgIpc) is 2.90. The number of thioether (sulfide) groups is 1. The van der Waals surface area contributed by atoms with Crippen molar-refractivity contribution in [2.24, 2.45) is 5.92 Å². The summed E-state index contributed by atoms with van der Waals surface area (Å²) in [6.45, 7) is 1.31. The van der Waals surface area contributed by atoms with E-state index in [-0.39, 0.29) is 11.7 Å². The Kier molecular flexibility index (Phi) is 4.45. The van der Waals surface area contributed by atoms with Gasteiger partial charge in [-0.1, -0.05) is 12.1 Å². The Hall–Kier alpha value is -1.00. The highest BCUT2D eigenvalue weighted by molar-refractivity contribution is 8.00. The molecule has 0 bridgehead atoms. The van der Waals surface area contributed by atoms with Gasteiger partial charge in [-0.05, 0) is 18.6 Å². The lowest BCUT2D eigenvalue weighted by atomic mass is 10.1. The van der Waals surface area contributed by atoms with Crippen molar-refractivity contribution in [2.75, 3.05) is 26.1 Å². The van der Waals surface area contributed by atoms with Crippen LogP contribution in [0.25, 0.3) is 0 Å². The number of carbonyl (C=O) groups excluding carboxylic acids is 1. The molecule has 1 saturated heterocycles. The van der Waals surface area contributed by atoms with Crippen molar-refractivity contribution in [3.05, 3.63) is 24.3 Å². The van der Waals surface area contributed by atoms with Crippen molar-refractivity contribution in [3.63, 3.8) is 0 Å². The number of hydrogen-bond donors (Lipinski definition) is 0. The molecule has 1 aliphatic rings. The minimum Gasteiger partial charge on any atom is -0.496 e. The minimum atomic E-state index is 0.0946. The summed E-state index contributed by atoms with van der Waals surface area (Å²) >= 11 is 1.54. The van der Waals surface area contributed by atoms with Crippen molar-refractivity contribution < 1.29 is 14.3 Å². The molecule has 1 aliphatic heterocycles. The van der Waals surface area contributed by atoms with Crippen LogP contribution in [0.4, 0.5) is 0 Å². The Morgan fingerprint density at radius 2 is 2.35 bits per heavy atom. The van der Waals surface area contributed by atoms with Crippen LogP contribution < -0.4 is 4.74 Å². The molecule has 0 aromatic heterocycles. The Labute approximate surface area is 105 Å². The Morgan fingerprint density at radius 3 is 3.06 bits per heavy atom. The van der Waals surface area contributed by atoms with E-state index >= 15 is 0 Å². The van der Waals surface area contributed by atoms with E-state index in [1.54, 1.807) is 7.11 Å². The lowest BCUT2D eigenvalue weighted by Gasteiger charge is -2.09. The van der Waals surface area contributed by atoms with E-state index < -0.39 is 0 Å². The highest BCUT2D eigenvalue weighted by atomic mass is 32.2. The average molecular weight is 252 g/mol. The highest BCUT2D eigenvalue weighted by Gasteiger charge is 2.23. The maximum absolute atomic E-state index is 11.9. The molecular weight excluding hydrogens is 236 g/mol. The summed E-state index contributed by atoms with van der Waals surface area (Å²) in [6.07, 6.45) is 0.866. The molecule has 1 unspecified atom stereocenters. The summed E-state index contributed by atoms with van der Waals surface area (Å²) in [6, 6.07) is 7.76. The van der Waals surface area contributed by atoms with E-state index in [0.717, 1.165) is 23.7 Å². The SMILES string of the molecule is COc1ccccc1SCC(=O)C1CCOC1. The summed E-state index contributed by atoms with van der Waals surface area (Å²) < 4.78 is 10.5. The van der Waals surface area contributed by atoms with Crippen LogP contribution in [0.1, 0.15) is 6.42 Å². The van der Waals surface area contributed by atoms with Crippen LogP contribution in [0.15, 0.2) is 29.2 Å². The normalized spacial score (nSPS) is 19.2. The second kappa shape index (κ2) is 6.07. The van der Waals surface area contributed by atoms with Gasteiger partial charge < -0.3 is 9.47 Å². The topological polar surface area (TPSA) is 35.5 Å². The number of methoxy groups -OCH3 is 1. The first kappa shape index (κ1) is 12.5. The monoisotopic (exact) mass is 252 g/mol. The van der Waals surface area contributed by atoms with Crippen molar-refractivity contribution in [1.82, 2.24) is 0 Å². The molecule has 1 aromatic carbocycles. The van der Waals surface area contributed by atoms with Crippen LogP contribution >= 0.6 is 11.8 Å². The molecule has 17 heavy (non-hydrogen) atoms. The van der Waals surface area contributed by atoms with Gasteiger partial charge in [0.2, 0.25) is 0 Å². The number of ether oxygens (including phenoxy) is 2. The summed E-state index contributed by atoms with van der Waals surface area (Å²) in [4.78, 5) is 12.9. The second-order valence-electron chi connectivity index (χ2n) is 3.97. The molecule has 0 aliphatic carbocycles. The number of para-hydroxylation sites is 1. The van der Waals surface area contributed by atoms with Gasteiger partial charge in [-0.25, -0.2) is 0 Å². The molecule has 0 radical (unpaired) electrons. The number of rotatable bonds is 5. The first-order valence-corrected chi connectivity index (χ1v) is 6.66. The largest absolute Gasteiger partial charge is 0.496 e. The lowest BCUT2D eigenvalue weighted by Crippen LogP contribution is -2.16. The van der Waals surface area contributed by atoms with Crippen LogP contribution in [0.3, 0.4) is 0 Å². The van der Waals surface area contributed by atoms with Crippen LogP contribution in [-0.2, 0) is 9.53 Å². The Balaban J connectivity index is 1.90. The number of Topliss-reactive ketones (excluding diaryl/α,β-unsaturated/α-hetero) is 1. The molecule has 92 valence electrons. The predicted octanol–water partition coefficient (Wildman–Crippen LogP) is 2.39. The van der Waals surface area contributed by atoms with Crippen LogP contribution in [0.2, 0.25) is 0 Å². The van der Waals surface area contributed by atoms with Gasteiger partial charge in [-0.2, -0.15) is 0 Å². The fraction of sp³-hybridized carbons (Fsp3) is 0.462. The van der Waals surface area contributed by atoms with Crippen LogP contribution in [-0.4, -0.2) is 31.9 Å². The fourth-order valence-corrected chi connectivity index (χ4v) is 2.80. The number of carbonyl (C=O) groups is 1. The molecular formula is C13H16O3S. The molecule has 0 N–H and O–H groups in total. The first-order valence-electron chi connectivity index (χ1n) is 5.67. The summed E-state index contributed by atoms with van der Waals surface area (Å²) in [5, 5.41) is 0. The summed E-state index contributed by atoms with van der Waals surface area (Å²) in [7, 11) is 1.64. The third kappa shape index (κ3) is 3.23. The van der Waals surface area contributed by atoms with Gasteiger partial charge in [-0.3, -0.25) is 4.79 Å². The molecule has 0 saturated carbocycles. The number of hydrogen-bond acceptors (Lipinski definition) is 4. The maximum atomic E-state index is 11.9. The first-order chi connectivity index (χ1) is 8.31. The van der Waals surface area contributed by atoms with E-state index in [0.29, 0.717) is 12.4 Å². The highest BCUT2D eigenvalue weighted by Crippen LogP contribution is 2.29. The van der Waals surface area contributed by atoms with Crippen molar-refractivity contribution in [2.45, 2.75) is 11.3 Å². The molecule has 3 nitrogen and oxygen atoms in total. The van der Waals surface area contributed by atoms with Gasteiger partial charge >= 0.3 is 0 Å². The predicted molar refractivity (Wildman–Crippen MR) is 67.7 cm³/mol. The molecule has 1 atom stereocenters. The van der Waals surface area contributed by atoms with Crippen molar-refractivity contribution in [3.8, 4) is 5.75 Å². The van der Waals surface area contributed by atoms with Gasteiger partial charge in [0.15, 0.2) is 0 Å². The van der Waals surface area contributed by atoms with Gasteiger partial charge in [0.05, 0.1) is 19.5 Å². The molecule has 1 heterocycles. The third-order valence-corrected chi connectivity index (χ3v) is 3.90. The molecule has 4 heteroatoms. The summed E-state index contributed by atoms with van der Waals surface area (Å²) in [5.74, 6) is 1.69. The zero-order valence-corrected chi connectivity index (χ0v) is 10.7. The Morgan fingerprint density at radius 1 is 1.53 bits per heavy atom. The molecule has 0 spiro atoms. The number of ketones is 1. The van der Waals surface area contributed by atoms with Gasteiger partial charge in [0.25, 0.3) is 0 Å². The van der Waals surface area contributed by atoms with Crippen LogP contribution in [0.5, 0.6) is 5.75 Å². The van der Waals surface area contributed by atoms with E-state index in [4.69, 9.17) is 9.47 Å². The maximum Gasteiger partial charge on any atom is 0.148 e. The Bertz CT molecular complexity index is 386. The van der Waals surface area contributed by atoms with Crippen LogP contribution in [0, 0.1) is 5.92 Å². The summed E-state index contributed by atoms with van der Waals surface area (Å²) in [5.41, 5.74) is 0. The van der Waals surface area contributed by atoms with E-state index in [2.05, 4.69) is 0 Å². The molecule has 2 rings (SSSR count). The van der Waals surface area contributed by atoms with E-state index in [1.807, 2.05) is 24.3 Å². The standard InChI is InChI=1S/C13H16O3S/c1-15-12-4-2-3-5-13(12)17-9-11(14)10-6-7-16-8-10/h2-5,10H,6-9H2,1H3. The van der Waals surface area contributed by atoms with Crippen molar-refractivity contribution >= 4 is 17.5 Å². The van der Waals surface area contributed by atoms with Gasteiger partial charge in [0, 0.05) is 17.4 Å². The smallest absolute Gasteiger partial charge is 0.148 e. The minimum absolute atomic E-state index is 0.0946. The third-order valence-electron chi connectivity index (χ3n) is 2.82. The van der Waals surface area contributed by atoms with Gasteiger partial charge in [0.1, 0.15) is 11.5 Å². The van der Waals surface area contributed by atoms with E-state index in [9.17, 15) is 4.79 Å². The number of benzene rings is 1. The molecule has 1 fully saturated rings. The molecule has 1 aromatic rings. The van der Waals surface area contributed by atoms with Gasteiger partial charge in [-0.15, -0.1) is 11.8 Å². The van der Waals surface area contributed by atoms with Crippen molar-refractivity contribution in [1.29, 1.82) is 0 Å². The molecule has 0 amide bonds.